The van der Waals surface area contributed by atoms with Crippen molar-refractivity contribution < 1.29 is 0 Å². The number of allylic oxidation sites excluding steroid dienone is 2. The van der Waals surface area contributed by atoms with E-state index in [0.717, 1.165) is 77.4 Å². The van der Waals surface area contributed by atoms with Crippen molar-refractivity contribution in [3.8, 4) is 34.0 Å². The first-order valence-corrected chi connectivity index (χ1v) is 20.8. The summed E-state index contributed by atoms with van der Waals surface area (Å²) in [5.41, 5.74) is 13.0. The molecule has 0 spiro atoms. The molecule has 0 N–H and O–H groups in total. The van der Waals surface area contributed by atoms with Crippen molar-refractivity contribution >= 4 is 82.1 Å². The summed E-state index contributed by atoms with van der Waals surface area (Å²) < 4.78 is 4.67. The predicted molar refractivity (Wildman–Crippen MR) is 258 cm³/mol. The van der Waals surface area contributed by atoms with Gasteiger partial charge in [-0.05, 0) is 105 Å². The van der Waals surface area contributed by atoms with E-state index in [0.29, 0.717) is 5.95 Å². The maximum absolute atomic E-state index is 5.70. The topological polar surface area (TPSA) is 35.6 Å². The van der Waals surface area contributed by atoms with E-state index in [9.17, 15) is 0 Å². The minimum Gasteiger partial charge on any atom is -0.309 e. The summed E-state index contributed by atoms with van der Waals surface area (Å²) in [6.07, 6.45) is 5.96. The summed E-state index contributed by atoms with van der Waals surface area (Å²) >= 11 is 0. The van der Waals surface area contributed by atoms with Crippen molar-refractivity contribution in [1.82, 2.24) is 19.1 Å². The van der Waals surface area contributed by atoms with Gasteiger partial charge in [-0.3, -0.25) is 4.57 Å². The number of hydrogen-bond acceptors (Lipinski definition) is 2. The van der Waals surface area contributed by atoms with E-state index in [1.807, 2.05) is 12.2 Å². The van der Waals surface area contributed by atoms with Crippen LogP contribution in [0.4, 0.5) is 0 Å². The smallest absolute Gasteiger partial charge is 0.235 e. The minimum absolute atomic E-state index is 0.625. The lowest BCUT2D eigenvalue weighted by molar-refractivity contribution is 1.01. The third-order valence-electron chi connectivity index (χ3n) is 12.4. The van der Waals surface area contributed by atoms with Gasteiger partial charge in [0, 0.05) is 38.2 Å². The Morgan fingerprint density at radius 3 is 2.05 bits per heavy atom. The van der Waals surface area contributed by atoms with Gasteiger partial charge in [-0.2, -0.15) is 0 Å². The van der Waals surface area contributed by atoms with E-state index in [1.165, 1.54) is 37.9 Å². The molecule has 286 valence electrons. The lowest BCUT2D eigenvalue weighted by atomic mass is 9.97. The number of nitrogens with zero attached hydrogens (tertiary/aromatic N) is 4. The first-order valence-electron chi connectivity index (χ1n) is 20.8. The third kappa shape index (κ3) is 5.46. The number of para-hydroxylation sites is 2. The quantitative estimate of drug-likeness (QED) is 0.158. The molecule has 4 heteroatoms. The first-order chi connectivity index (χ1) is 30.1. The second-order valence-corrected chi connectivity index (χ2v) is 15.9. The second-order valence-electron chi connectivity index (χ2n) is 15.9. The van der Waals surface area contributed by atoms with Crippen LogP contribution in [0.5, 0.6) is 0 Å². The number of hydrogen-bond donors (Lipinski definition) is 0. The zero-order valence-corrected chi connectivity index (χ0v) is 33.5. The van der Waals surface area contributed by atoms with Crippen LogP contribution < -0.4 is 0 Å². The van der Waals surface area contributed by atoms with Crippen LogP contribution >= 0.6 is 0 Å². The van der Waals surface area contributed by atoms with Crippen LogP contribution in [0.25, 0.3) is 116 Å². The molecule has 0 aliphatic heterocycles. The van der Waals surface area contributed by atoms with Crippen molar-refractivity contribution in [3.63, 3.8) is 0 Å². The van der Waals surface area contributed by atoms with Crippen molar-refractivity contribution in [2.75, 3.05) is 0 Å². The van der Waals surface area contributed by atoms with Gasteiger partial charge in [0.2, 0.25) is 5.95 Å². The number of aryl methyl sites for hydroxylation is 1. The molecule has 0 saturated carbocycles. The summed E-state index contributed by atoms with van der Waals surface area (Å²) in [5.74, 6) is 0.625. The molecule has 3 heterocycles. The Kier molecular flexibility index (Phi) is 7.87. The maximum Gasteiger partial charge on any atom is 0.235 e. The fourth-order valence-corrected chi connectivity index (χ4v) is 9.55. The van der Waals surface area contributed by atoms with E-state index in [4.69, 9.17) is 9.97 Å². The Balaban J connectivity index is 1.19. The highest BCUT2D eigenvalue weighted by atomic mass is 15.2. The Morgan fingerprint density at radius 1 is 0.475 bits per heavy atom. The molecule has 0 atom stereocenters. The van der Waals surface area contributed by atoms with Crippen molar-refractivity contribution in [3.05, 3.63) is 212 Å². The normalized spacial score (nSPS) is 12.0. The number of benzene rings is 9. The molecular formula is C57H38N4. The van der Waals surface area contributed by atoms with Gasteiger partial charge in [0.05, 0.1) is 33.3 Å². The summed E-state index contributed by atoms with van der Waals surface area (Å²) in [4.78, 5) is 11.1. The molecule has 0 fully saturated rings. The van der Waals surface area contributed by atoms with E-state index < -0.39 is 0 Å². The molecule has 12 rings (SSSR count). The predicted octanol–water partition coefficient (Wildman–Crippen LogP) is 15.0. The SMILES string of the molecule is C=C/C=C\c1cc2c(cc1C)c1ccc(-c3ccc4ccccc4c3)cc1n2-c1nc(-c2cccc3c2c2c4ccccc4ccc2n3-c2ccccc2)c2ccccc2n1. The van der Waals surface area contributed by atoms with Crippen molar-refractivity contribution in [1.29, 1.82) is 0 Å². The molecule has 3 aromatic heterocycles. The van der Waals surface area contributed by atoms with Gasteiger partial charge in [0.1, 0.15) is 0 Å². The van der Waals surface area contributed by atoms with Crippen LogP contribution in [0, 0.1) is 6.92 Å². The number of fused-ring (bicyclic) bond motifs is 10. The minimum atomic E-state index is 0.625. The second kappa shape index (κ2) is 13.8. The summed E-state index contributed by atoms with van der Waals surface area (Å²) in [7, 11) is 0. The van der Waals surface area contributed by atoms with Crippen molar-refractivity contribution in [2.24, 2.45) is 0 Å². The molecule has 0 saturated heterocycles. The van der Waals surface area contributed by atoms with Crippen LogP contribution in [-0.2, 0) is 0 Å². The molecule has 0 bridgehead atoms. The van der Waals surface area contributed by atoms with Crippen LogP contribution in [0.1, 0.15) is 11.1 Å². The zero-order chi connectivity index (χ0) is 40.6. The number of rotatable bonds is 6. The Morgan fingerprint density at radius 2 is 1.18 bits per heavy atom. The van der Waals surface area contributed by atoms with Gasteiger partial charge < -0.3 is 4.57 Å². The molecule has 61 heavy (non-hydrogen) atoms. The summed E-state index contributed by atoms with van der Waals surface area (Å²) in [5, 5.41) is 10.5. The molecule has 4 nitrogen and oxygen atoms in total. The molecule has 9 aromatic carbocycles. The lowest BCUT2D eigenvalue weighted by Gasteiger charge is -2.14. The highest BCUT2D eigenvalue weighted by Crippen LogP contribution is 2.44. The van der Waals surface area contributed by atoms with E-state index in [-0.39, 0.29) is 0 Å². The summed E-state index contributed by atoms with van der Waals surface area (Å²) in [6, 6.07) is 65.7. The summed E-state index contributed by atoms with van der Waals surface area (Å²) in [6.45, 7) is 6.13. The van der Waals surface area contributed by atoms with Gasteiger partial charge in [0.25, 0.3) is 0 Å². The molecule has 0 amide bonds. The Hall–Kier alpha value is -8.08. The lowest BCUT2D eigenvalue weighted by Crippen LogP contribution is -2.04. The standard InChI is InChI=1S/C57H38N4/c1-3-4-15-39-34-53-48(32-36(39)2)45-30-28-42(41-27-26-37-16-8-9-18-40(37)33-41)35-52(45)61(53)57-58-49-24-13-12-22-46(49)56(59-57)47-23-14-25-50-55(47)54-44-21-11-10-17-38(44)29-31-51(54)60(50)43-19-6-5-7-20-43/h3-35H,1H2,2H3/b15-4-. The monoisotopic (exact) mass is 778 g/mol. The molecule has 12 aromatic rings. The van der Waals surface area contributed by atoms with Gasteiger partial charge in [0.15, 0.2) is 0 Å². The van der Waals surface area contributed by atoms with E-state index in [2.05, 4.69) is 211 Å². The van der Waals surface area contributed by atoms with Gasteiger partial charge in [-0.1, -0.05) is 152 Å². The molecule has 0 aliphatic rings. The van der Waals surface area contributed by atoms with Gasteiger partial charge >= 0.3 is 0 Å². The Bertz CT molecular complexity index is 3790. The molecular weight excluding hydrogens is 741 g/mol. The fraction of sp³-hybridized carbons (Fsp3) is 0.0175. The van der Waals surface area contributed by atoms with E-state index in [1.54, 1.807) is 0 Å². The maximum atomic E-state index is 5.70. The van der Waals surface area contributed by atoms with Crippen LogP contribution in [-0.4, -0.2) is 19.1 Å². The Labute approximate surface area is 352 Å². The van der Waals surface area contributed by atoms with E-state index >= 15 is 0 Å². The van der Waals surface area contributed by atoms with Crippen LogP contribution in [0.3, 0.4) is 0 Å². The van der Waals surface area contributed by atoms with Gasteiger partial charge in [-0.15, -0.1) is 0 Å². The fourth-order valence-electron chi connectivity index (χ4n) is 9.55. The highest BCUT2D eigenvalue weighted by molar-refractivity contribution is 6.26. The van der Waals surface area contributed by atoms with Crippen LogP contribution in [0.2, 0.25) is 0 Å². The molecule has 0 unspecified atom stereocenters. The van der Waals surface area contributed by atoms with Gasteiger partial charge in [-0.25, -0.2) is 9.97 Å². The zero-order valence-electron chi connectivity index (χ0n) is 33.5. The molecule has 0 aliphatic carbocycles. The highest BCUT2D eigenvalue weighted by Gasteiger charge is 2.23. The van der Waals surface area contributed by atoms with Crippen LogP contribution in [0.15, 0.2) is 201 Å². The molecule has 0 radical (unpaired) electrons. The average Bonchev–Trinajstić information content (AvgIpc) is 3.82. The largest absolute Gasteiger partial charge is 0.309 e. The number of aromatic nitrogens is 4. The third-order valence-corrected chi connectivity index (χ3v) is 12.4. The average molecular weight is 779 g/mol. The van der Waals surface area contributed by atoms with Crippen molar-refractivity contribution in [2.45, 2.75) is 6.92 Å². The first kappa shape index (κ1) is 34.9.